The maximum absolute atomic E-state index is 12.8. The number of urea groups is 1. The van der Waals surface area contributed by atoms with Crippen LogP contribution in [-0.2, 0) is 9.59 Å². The number of rotatable bonds is 3. The summed E-state index contributed by atoms with van der Waals surface area (Å²) in [6.45, 7) is 0. The molecule has 1 fully saturated rings. The van der Waals surface area contributed by atoms with Crippen LogP contribution in [0.25, 0.3) is 6.08 Å². The van der Waals surface area contributed by atoms with E-state index in [4.69, 9.17) is 4.74 Å². The second-order valence-electron chi connectivity index (χ2n) is 5.33. The van der Waals surface area contributed by atoms with E-state index in [9.17, 15) is 14.4 Å². The van der Waals surface area contributed by atoms with Gasteiger partial charge >= 0.3 is 6.03 Å². The Hall–Kier alpha value is -2.20. The van der Waals surface area contributed by atoms with E-state index < -0.39 is 17.8 Å². The zero-order valence-electron chi connectivity index (χ0n) is 13.5. The van der Waals surface area contributed by atoms with Gasteiger partial charge in [0.15, 0.2) is 0 Å². The molecular weight excluding hydrogens is 515 g/mol. The van der Waals surface area contributed by atoms with E-state index in [2.05, 4.69) is 43.8 Å². The number of nitrogens with one attached hydrogen (secondary N) is 1. The average Bonchev–Trinajstić information content (AvgIpc) is 2.58. The lowest BCUT2D eigenvalue weighted by atomic mass is 10.1. The summed E-state index contributed by atoms with van der Waals surface area (Å²) in [5.74, 6) is -0.710. The normalized spacial score (nSPS) is 16.0. The maximum Gasteiger partial charge on any atom is 0.335 e. The van der Waals surface area contributed by atoms with Crippen molar-refractivity contribution in [2.75, 3.05) is 12.0 Å². The lowest BCUT2D eigenvalue weighted by Gasteiger charge is -2.26. The highest BCUT2D eigenvalue weighted by Crippen LogP contribution is 2.26. The van der Waals surface area contributed by atoms with Crippen LogP contribution in [0.5, 0.6) is 5.75 Å². The molecule has 0 bridgehead atoms. The number of methoxy groups -OCH3 is 1. The first-order valence-corrected chi connectivity index (χ1v) is 9.28. The Morgan fingerprint density at radius 2 is 1.92 bits per heavy atom. The number of hydrogen-bond acceptors (Lipinski definition) is 4. The summed E-state index contributed by atoms with van der Waals surface area (Å²) in [4.78, 5) is 38.1. The molecule has 1 aliphatic heterocycles. The number of ether oxygens (including phenoxy) is 1. The van der Waals surface area contributed by atoms with Crippen LogP contribution in [0.4, 0.5) is 10.5 Å². The summed E-state index contributed by atoms with van der Waals surface area (Å²) in [6.07, 6.45) is 1.46. The number of benzene rings is 2. The van der Waals surface area contributed by atoms with Gasteiger partial charge in [0.1, 0.15) is 11.3 Å². The van der Waals surface area contributed by atoms with Crippen molar-refractivity contribution in [2.24, 2.45) is 0 Å². The Balaban J connectivity index is 2.01. The minimum absolute atomic E-state index is 0.120. The number of amides is 4. The number of anilines is 1. The number of carbonyl (C=O) groups excluding carboxylic acids is 3. The number of hydrogen-bond donors (Lipinski definition) is 1. The van der Waals surface area contributed by atoms with Crippen molar-refractivity contribution >= 4 is 68.1 Å². The van der Waals surface area contributed by atoms with Crippen LogP contribution < -0.4 is 15.0 Å². The average molecular weight is 527 g/mol. The Morgan fingerprint density at radius 3 is 2.58 bits per heavy atom. The molecule has 3 rings (SSSR count). The quantitative estimate of drug-likeness (QED) is 0.375. The molecule has 1 heterocycles. The van der Waals surface area contributed by atoms with Crippen molar-refractivity contribution in [1.29, 1.82) is 0 Å². The molecule has 0 aromatic heterocycles. The van der Waals surface area contributed by atoms with Gasteiger partial charge in [-0.05, 0) is 64.6 Å². The lowest BCUT2D eigenvalue weighted by Crippen LogP contribution is -2.54. The molecule has 0 aliphatic carbocycles. The Labute approximate surface area is 171 Å². The molecule has 0 saturated carbocycles. The summed E-state index contributed by atoms with van der Waals surface area (Å²) in [5.41, 5.74) is 0.896. The molecular formula is C18H12BrIN2O4. The Kier molecular flexibility index (Phi) is 5.42. The molecule has 0 unspecified atom stereocenters. The Bertz CT molecular complexity index is 958. The molecule has 1 aliphatic rings. The van der Waals surface area contributed by atoms with E-state index >= 15 is 0 Å². The fourth-order valence-electron chi connectivity index (χ4n) is 2.45. The minimum Gasteiger partial charge on any atom is -0.496 e. The SMILES string of the molecule is COc1ccc(/C=C2\C(=O)NC(=O)N(c3cccc(Br)c3)C2=O)cc1I. The first-order valence-electron chi connectivity index (χ1n) is 7.41. The predicted molar refractivity (Wildman–Crippen MR) is 109 cm³/mol. The highest BCUT2D eigenvalue weighted by atomic mass is 127. The number of imide groups is 2. The zero-order valence-corrected chi connectivity index (χ0v) is 17.2. The van der Waals surface area contributed by atoms with Gasteiger partial charge in [0.05, 0.1) is 16.4 Å². The van der Waals surface area contributed by atoms with Gasteiger partial charge in [0.2, 0.25) is 0 Å². The van der Waals surface area contributed by atoms with Crippen LogP contribution >= 0.6 is 38.5 Å². The molecule has 2 aromatic rings. The van der Waals surface area contributed by atoms with Crippen LogP contribution in [0.15, 0.2) is 52.5 Å². The smallest absolute Gasteiger partial charge is 0.335 e. The van der Waals surface area contributed by atoms with Gasteiger partial charge < -0.3 is 4.74 Å². The fraction of sp³-hybridized carbons (Fsp3) is 0.0556. The summed E-state index contributed by atoms with van der Waals surface area (Å²) < 4.78 is 6.75. The molecule has 4 amide bonds. The molecule has 0 spiro atoms. The summed E-state index contributed by atoms with van der Waals surface area (Å²) in [6, 6.07) is 11.2. The van der Waals surface area contributed by atoms with E-state index in [1.54, 1.807) is 49.6 Å². The third-order valence-electron chi connectivity index (χ3n) is 3.65. The van der Waals surface area contributed by atoms with Crippen molar-refractivity contribution in [3.05, 3.63) is 61.6 Å². The summed E-state index contributed by atoms with van der Waals surface area (Å²) in [7, 11) is 1.56. The van der Waals surface area contributed by atoms with Gasteiger partial charge in [-0.1, -0.05) is 28.1 Å². The molecule has 0 radical (unpaired) electrons. The highest BCUT2D eigenvalue weighted by Gasteiger charge is 2.36. The monoisotopic (exact) mass is 526 g/mol. The van der Waals surface area contributed by atoms with Crippen molar-refractivity contribution in [3.8, 4) is 5.75 Å². The maximum atomic E-state index is 12.8. The van der Waals surface area contributed by atoms with Crippen molar-refractivity contribution < 1.29 is 19.1 Å². The highest BCUT2D eigenvalue weighted by molar-refractivity contribution is 14.1. The predicted octanol–water partition coefficient (Wildman–Crippen LogP) is 3.73. The molecule has 1 N–H and O–H groups in total. The number of barbiturate groups is 1. The third kappa shape index (κ3) is 3.65. The molecule has 0 atom stereocenters. The van der Waals surface area contributed by atoms with Crippen LogP contribution in [0.2, 0.25) is 0 Å². The van der Waals surface area contributed by atoms with E-state index in [0.29, 0.717) is 21.5 Å². The van der Waals surface area contributed by atoms with Gasteiger partial charge in [-0.15, -0.1) is 0 Å². The fourth-order valence-corrected chi connectivity index (χ4v) is 3.59. The van der Waals surface area contributed by atoms with Crippen LogP contribution in [0, 0.1) is 3.57 Å². The number of halogens is 2. The minimum atomic E-state index is -0.778. The van der Waals surface area contributed by atoms with E-state index in [0.717, 1.165) is 8.47 Å². The zero-order chi connectivity index (χ0) is 18.8. The molecule has 6 nitrogen and oxygen atoms in total. The van der Waals surface area contributed by atoms with Gasteiger partial charge in [0.25, 0.3) is 11.8 Å². The van der Waals surface area contributed by atoms with Gasteiger partial charge in [-0.25, -0.2) is 9.69 Å². The van der Waals surface area contributed by atoms with E-state index in [1.807, 2.05) is 0 Å². The van der Waals surface area contributed by atoms with Gasteiger partial charge in [-0.3, -0.25) is 14.9 Å². The largest absolute Gasteiger partial charge is 0.496 e. The number of carbonyl (C=O) groups is 3. The van der Waals surface area contributed by atoms with Gasteiger partial charge in [-0.2, -0.15) is 0 Å². The lowest BCUT2D eigenvalue weighted by molar-refractivity contribution is -0.122. The van der Waals surface area contributed by atoms with Crippen molar-refractivity contribution in [1.82, 2.24) is 5.32 Å². The van der Waals surface area contributed by atoms with E-state index in [-0.39, 0.29) is 5.57 Å². The van der Waals surface area contributed by atoms with Crippen molar-refractivity contribution in [2.45, 2.75) is 0 Å². The first kappa shape index (κ1) is 18.6. The van der Waals surface area contributed by atoms with Crippen LogP contribution in [0.1, 0.15) is 5.56 Å². The summed E-state index contributed by atoms with van der Waals surface area (Å²) in [5, 5.41) is 2.20. The van der Waals surface area contributed by atoms with E-state index in [1.165, 1.54) is 6.08 Å². The first-order chi connectivity index (χ1) is 12.4. The van der Waals surface area contributed by atoms with Crippen LogP contribution in [0.3, 0.4) is 0 Å². The third-order valence-corrected chi connectivity index (χ3v) is 4.99. The number of nitrogens with zero attached hydrogens (tertiary/aromatic N) is 1. The second kappa shape index (κ2) is 7.58. The Morgan fingerprint density at radius 1 is 1.15 bits per heavy atom. The molecule has 1 saturated heterocycles. The van der Waals surface area contributed by atoms with Crippen molar-refractivity contribution in [3.63, 3.8) is 0 Å². The molecule has 2 aromatic carbocycles. The second-order valence-corrected chi connectivity index (χ2v) is 7.41. The topological polar surface area (TPSA) is 75.7 Å². The molecule has 132 valence electrons. The standard InChI is InChI=1S/C18H12BrIN2O4/c1-26-15-6-5-10(8-14(15)20)7-13-16(23)21-18(25)22(17(13)24)12-4-2-3-11(19)9-12/h2-9H,1H3,(H,21,23,25)/b13-7+. The van der Waals surface area contributed by atoms with Gasteiger partial charge in [0, 0.05) is 4.47 Å². The molecule has 8 heteroatoms. The molecule has 26 heavy (non-hydrogen) atoms. The van der Waals surface area contributed by atoms with Crippen LogP contribution in [-0.4, -0.2) is 25.0 Å². The summed E-state index contributed by atoms with van der Waals surface area (Å²) >= 11 is 5.41.